The van der Waals surface area contributed by atoms with Gasteiger partial charge in [0.2, 0.25) is 0 Å². The summed E-state index contributed by atoms with van der Waals surface area (Å²) >= 11 is 0. The minimum Gasteiger partial charge on any atom is -0.384 e. The Morgan fingerprint density at radius 3 is 2.14 bits per heavy atom. The molecule has 1 aromatic heterocycles. The van der Waals surface area contributed by atoms with Crippen molar-refractivity contribution in [1.82, 2.24) is 9.55 Å². The van der Waals surface area contributed by atoms with Crippen molar-refractivity contribution in [2.24, 2.45) is 0 Å². The number of benzene rings is 3. The molecule has 1 N–H and O–H groups in total. The van der Waals surface area contributed by atoms with Crippen LogP contribution in [0.1, 0.15) is 39.0 Å². The van der Waals surface area contributed by atoms with Gasteiger partial charge in [-0.25, -0.2) is 13.4 Å². The van der Waals surface area contributed by atoms with Gasteiger partial charge >= 0.3 is 6.18 Å². The molecule has 9 heteroatoms. The lowest BCUT2D eigenvalue weighted by Crippen LogP contribution is -2.15. The highest BCUT2D eigenvalue weighted by Crippen LogP contribution is 2.38. The SMILES string of the molecule is CC(C)S(=O)(=O)c1cccc(-c2ccc(-n3cc(C(C)(C)O)nc3-c3ccccc3C(F)(F)F)cc2)c1. The van der Waals surface area contributed by atoms with Gasteiger partial charge in [-0.05, 0) is 69.2 Å². The molecular formula is C28H27F3N2O3S. The molecule has 0 aliphatic rings. The lowest BCUT2D eigenvalue weighted by molar-refractivity contribution is -0.137. The highest BCUT2D eigenvalue weighted by atomic mass is 32.2. The van der Waals surface area contributed by atoms with Gasteiger partial charge < -0.3 is 5.11 Å². The van der Waals surface area contributed by atoms with Gasteiger partial charge in [-0.2, -0.15) is 13.2 Å². The van der Waals surface area contributed by atoms with Crippen molar-refractivity contribution in [2.75, 3.05) is 0 Å². The van der Waals surface area contributed by atoms with Crippen LogP contribution in [0.25, 0.3) is 28.2 Å². The summed E-state index contributed by atoms with van der Waals surface area (Å²) in [5.41, 5.74) is -0.136. The van der Waals surface area contributed by atoms with E-state index in [9.17, 15) is 26.7 Å². The van der Waals surface area contributed by atoms with E-state index in [1.165, 1.54) is 42.8 Å². The Balaban J connectivity index is 1.82. The van der Waals surface area contributed by atoms with Crippen LogP contribution < -0.4 is 0 Å². The first-order chi connectivity index (χ1) is 17.2. The number of halogens is 3. The van der Waals surface area contributed by atoms with E-state index in [-0.39, 0.29) is 22.0 Å². The van der Waals surface area contributed by atoms with Crippen LogP contribution in [0.2, 0.25) is 0 Å². The van der Waals surface area contributed by atoms with Gasteiger partial charge in [-0.15, -0.1) is 0 Å². The van der Waals surface area contributed by atoms with Crippen LogP contribution >= 0.6 is 0 Å². The molecule has 0 fully saturated rings. The predicted molar refractivity (Wildman–Crippen MR) is 137 cm³/mol. The van der Waals surface area contributed by atoms with Gasteiger partial charge in [0.1, 0.15) is 11.4 Å². The fraction of sp³-hybridized carbons (Fsp3) is 0.250. The number of aromatic nitrogens is 2. The fourth-order valence-corrected chi connectivity index (χ4v) is 5.03. The van der Waals surface area contributed by atoms with E-state index in [0.29, 0.717) is 11.3 Å². The van der Waals surface area contributed by atoms with Crippen LogP contribution in [0.3, 0.4) is 0 Å². The first-order valence-electron chi connectivity index (χ1n) is 11.6. The zero-order valence-corrected chi connectivity index (χ0v) is 21.6. The molecule has 1 heterocycles. The zero-order valence-electron chi connectivity index (χ0n) is 20.8. The van der Waals surface area contributed by atoms with E-state index in [1.807, 2.05) is 0 Å². The number of aliphatic hydroxyl groups is 1. The quantitative estimate of drug-likeness (QED) is 0.305. The molecule has 0 spiro atoms. The molecule has 0 saturated carbocycles. The Morgan fingerprint density at radius 2 is 1.54 bits per heavy atom. The van der Waals surface area contributed by atoms with Gasteiger partial charge in [-0.3, -0.25) is 4.57 Å². The van der Waals surface area contributed by atoms with E-state index in [0.717, 1.165) is 11.6 Å². The second-order valence-electron chi connectivity index (χ2n) is 9.59. The first kappa shape index (κ1) is 26.6. The van der Waals surface area contributed by atoms with Crippen LogP contribution in [0, 0.1) is 0 Å². The molecule has 37 heavy (non-hydrogen) atoms. The third-order valence-corrected chi connectivity index (χ3v) is 8.22. The summed E-state index contributed by atoms with van der Waals surface area (Å²) in [5, 5.41) is 9.97. The van der Waals surface area contributed by atoms with Gasteiger partial charge in [0.25, 0.3) is 0 Å². The fourth-order valence-electron chi connectivity index (χ4n) is 3.93. The molecule has 3 aromatic carbocycles. The van der Waals surface area contributed by atoms with Crippen molar-refractivity contribution in [2.45, 2.75) is 49.6 Å². The molecule has 194 valence electrons. The summed E-state index contributed by atoms with van der Waals surface area (Å²) < 4.78 is 68.1. The largest absolute Gasteiger partial charge is 0.417 e. The number of rotatable bonds is 6. The summed E-state index contributed by atoms with van der Waals surface area (Å²) in [4.78, 5) is 4.61. The third kappa shape index (κ3) is 5.33. The summed E-state index contributed by atoms with van der Waals surface area (Å²) in [6.45, 7) is 6.28. The number of hydrogen-bond donors (Lipinski definition) is 1. The minimum atomic E-state index is -4.59. The Kier molecular flexibility index (Phi) is 6.81. The molecule has 0 saturated heterocycles. The van der Waals surface area contributed by atoms with Gasteiger partial charge in [0.15, 0.2) is 9.84 Å². The molecule has 0 amide bonds. The van der Waals surface area contributed by atoms with E-state index in [2.05, 4.69) is 4.98 Å². The topological polar surface area (TPSA) is 72.2 Å². The van der Waals surface area contributed by atoms with Crippen LogP contribution in [0.4, 0.5) is 13.2 Å². The summed E-state index contributed by atoms with van der Waals surface area (Å²) in [5.74, 6) is 0.0443. The van der Waals surface area contributed by atoms with Gasteiger partial charge in [-0.1, -0.05) is 42.5 Å². The van der Waals surface area contributed by atoms with E-state index >= 15 is 0 Å². The monoisotopic (exact) mass is 528 g/mol. The van der Waals surface area contributed by atoms with E-state index in [1.54, 1.807) is 62.4 Å². The number of sulfone groups is 1. The Bertz CT molecular complexity index is 1530. The average Bonchev–Trinajstić information content (AvgIpc) is 3.30. The lowest BCUT2D eigenvalue weighted by atomic mass is 10.0. The van der Waals surface area contributed by atoms with Crippen molar-refractivity contribution in [3.63, 3.8) is 0 Å². The third-order valence-electron chi connectivity index (χ3n) is 6.07. The molecule has 4 rings (SSSR count). The smallest absolute Gasteiger partial charge is 0.384 e. The van der Waals surface area contributed by atoms with Crippen molar-refractivity contribution in [3.8, 4) is 28.2 Å². The number of imidazole rings is 1. The Morgan fingerprint density at radius 1 is 0.892 bits per heavy atom. The van der Waals surface area contributed by atoms with Crippen LogP contribution in [0.15, 0.2) is 83.9 Å². The van der Waals surface area contributed by atoms with E-state index in [4.69, 9.17) is 0 Å². The maximum absolute atomic E-state index is 13.8. The lowest BCUT2D eigenvalue weighted by Gasteiger charge is -2.14. The number of hydrogen-bond acceptors (Lipinski definition) is 4. The van der Waals surface area contributed by atoms with Gasteiger partial charge in [0, 0.05) is 17.4 Å². The highest BCUT2D eigenvalue weighted by molar-refractivity contribution is 7.92. The van der Waals surface area contributed by atoms with Crippen LogP contribution in [0.5, 0.6) is 0 Å². The molecule has 0 radical (unpaired) electrons. The molecule has 0 unspecified atom stereocenters. The summed E-state index contributed by atoms with van der Waals surface area (Å²) in [6, 6.07) is 18.8. The highest BCUT2D eigenvalue weighted by Gasteiger charge is 2.35. The maximum Gasteiger partial charge on any atom is 0.417 e. The number of alkyl halides is 3. The standard InChI is InChI=1S/C28H27F3N2O3S/c1-18(2)37(35,36)22-9-7-8-20(16-22)19-12-14-21(15-13-19)33-17-25(27(3,4)34)32-26(33)23-10-5-6-11-24(23)28(29,30)31/h5-18,34H,1-4H3. The van der Waals surface area contributed by atoms with Gasteiger partial charge in [0.05, 0.1) is 21.4 Å². The summed E-state index contributed by atoms with van der Waals surface area (Å²) in [6.07, 6.45) is -3.07. The van der Waals surface area contributed by atoms with E-state index < -0.39 is 32.4 Å². The van der Waals surface area contributed by atoms with Crippen molar-refractivity contribution < 1.29 is 26.7 Å². The average molecular weight is 529 g/mol. The van der Waals surface area contributed by atoms with Crippen LogP contribution in [-0.2, 0) is 21.6 Å². The molecule has 5 nitrogen and oxygen atoms in total. The second-order valence-corrected chi connectivity index (χ2v) is 12.1. The Labute approximate surface area is 214 Å². The molecule has 0 bridgehead atoms. The predicted octanol–water partition coefficient (Wildman–Crippen LogP) is 6.63. The Hall–Kier alpha value is -3.43. The molecular weight excluding hydrogens is 501 g/mol. The second kappa shape index (κ2) is 9.46. The first-order valence-corrected chi connectivity index (χ1v) is 13.2. The van der Waals surface area contributed by atoms with Crippen molar-refractivity contribution in [3.05, 3.63) is 90.3 Å². The molecule has 4 aromatic rings. The number of nitrogens with zero attached hydrogens (tertiary/aromatic N) is 2. The molecule has 0 atom stereocenters. The molecule has 0 aliphatic carbocycles. The van der Waals surface area contributed by atoms with Crippen LogP contribution in [-0.4, -0.2) is 28.3 Å². The normalized spacial score (nSPS) is 12.8. The summed E-state index contributed by atoms with van der Waals surface area (Å²) in [7, 11) is -3.45. The van der Waals surface area contributed by atoms with Crippen molar-refractivity contribution >= 4 is 9.84 Å². The zero-order chi connectivity index (χ0) is 27.2. The molecule has 0 aliphatic heterocycles. The maximum atomic E-state index is 13.8. The minimum absolute atomic E-state index is 0.0443. The van der Waals surface area contributed by atoms with Crippen molar-refractivity contribution in [1.29, 1.82) is 0 Å².